The third kappa shape index (κ3) is 2.79. The molecule has 0 saturated carbocycles. The summed E-state index contributed by atoms with van der Waals surface area (Å²) in [6, 6.07) is 0. The Morgan fingerprint density at radius 1 is 1.61 bits per heavy atom. The van der Waals surface area contributed by atoms with E-state index < -0.39 is 0 Å². The van der Waals surface area contributed by atoms with E-state index in [-0.39, 0.29) is 12.5 Å². The van der Waals surface area contributed by atoms with Crippen molar-refractivity contribution in [3.8, 4) is 0 Å². The first kappa shape index (κ1) is 14.4. The Hall–Kier alpha value is -1.63. The highest BCUT2D eigenvalue weighted by molar-refractivity contribution is 7.80. The van der Waals surface area contributed by atoms with E-state index in [9.17, 15) is 4.79 Å². The molecule has 1 aromatic heterocycles. The summed E-state index contributed by atoms with van der Waals surface area (Å²) in [5.41, 5.74) is 7.24. The zero-order chi connectivity index (χ0) is 13.9. The smallest absolute Gasteiger partial charge is 0.239 e. The molecule has 0 atom stereocenters. The number of nitrogens with zero attached hydrogens (tertiary/aromatic N) is 3. The quantitative estimate of drug-likeness (QED) is 0.732. The molecule has 0 fully saturated rings. The highest BCUT2D eigenvalue weighted by atomic mass is 32.1. The maximum atomic E-state index is 11.5. The van der Waals surface area contributed by atoms with Gasteiger partial charge in [-0.05, 0) is 13.8 Å². The molecule has 7 heteroatoms. The molecule has 100 valence electrons. The normalized spacial score (nSPS) is 10.2. The Labute approximate surface area is 112 Å². The number of rotatable bonds is 5. The van der Waals surface area contributed by atoms with Crippen LogP contribution in [0.2, 0.25) is 0 Å². The molecule has 0 bridgehead atoms. The van der Waals surface area contributed by atoms with Gasteiger partial charge in [-0.2, -0.15) is 5.10 Å². The predicted octanol–water partition coefficient (Wildman–Crippen LogP) is -0.0650. The first-order valence-electron chi connectivity index (χ1n) is 5.71. The van der Waals surface area contributed by atoms with Crippen molar-refractivity contribution < 1.29 is 4.79 Å². The Bertz CT molecular complexity index is 468. The van der Waals surface area contributed by atoms with Gasteiger partial charge in [0.25, 0.3) is 0 Å². The lowest BCUT2D eigenvalue weighted by atomic mass is 10.2. The number of likely N-dealkylation sites (N-methyl/N-ethyl adjacent to an activating group) is 2. The number of carbonyl (C=O) groups excluding carboxylic acids is 1. The molecule has 18 heavy (non-hydrogen) atoms. The molecular formula is C11H19N5OS. The first-order chi connectivity index (χ1) is 8.42. The molecule has 0 aliphatic carbocycles. The van der Waals surface area contributed by atoms with Gasteiger partial charge in [-0.15, -0.1) is 0 Å². The molecule has 3 N–H and O–H groups in total. The predicted molar refractivity (Wildman–Crippen MR) is 75.8 cm³/mol. The van der Waals surface area contributed by atoms with Crippen LogP contribution in [0.5, 0.6) is 0 Å². The van der Waals surface area contributed by atoms with Gasteiger partial charge in [0.05, 0.1) is 17.8 Å². The Kier molecular flexibility index (Phi) is 4.66. The van der Waals surface area contributed by atoms with Crippen LogP contribution in [-0.4, -0.2) is 40.8 Å². The molecule has 0 saturated heterocycles. The zero-order valence-corrected chi connectivity index (χ0v) is 12.0. The number of nitrogens with two attached hydrogens (primary N) is 1. The molecule has 6 nitrogen and oxygen atoms in total. The molecule has 1 amide bonds. The summed E-state index contributed by atoms with van der Waals surface area (Å²) in [5, 5.41) is 6.91. The molecule has 0 radical (unpaired) electrons. The van der Waals surface area contributed by atoms with E-state index in [4.69, 9.17) is 18.0 Å². The summed E-state index contributed by atoms with van der Waals surface area (Å²) in [5.74, 6) is 0.718. The molecule has 1 heterocycles. The van der Waals surface area contributed by atoms with E-state index in [1.807, 2.05) is 25.8 Å². The van der Waals surface area contributed by atoms with Crippen molar-refractivity contribution in [2.24, 2.45) is 12.8 Å². The van der Waals surface area contributed by atoms with Crippen molar-refractivity contribution in [3.05, 3.63) is 11.3 Å². The number of nitrogens with one attached hydrogen (secondary N) is 1. The van der Waals surface area contributed by atoms with Gasteiger partial charge in [-0.1, -0.05) is 12.2 Å². The van der Waals surface area contributed by atoms with Crippen molar-refractivity contribution in [1.29, 1.82) is 0 Å². The maximum Gasteiger partial charge on any atom is 0.239 e. The third-order valence-electron chi connectivity index (χ3n) is 2.73. The van der Waals surface area contributed by atoms with Crippen molar-refractivity contribution >= 4 is 28.9 Å². The van der Waals surface area contributed by atoms with Crippen molar-refractivity contribution in [1.82, 2.24) is 15.1 Å². The van der Waals surface area contributed by atoms with Crippen molar-refractivity contribution in [2.75, 3.05) is 25.0 Å². The van der Waals surface area contributed by atoms with Gasteiger partial charge in [0.2, 0.25) is 5.91 Å². The van der Waals surface area contributed by atoms with E-state index in [0.29, 0.717) is 11.5 Å². The molecule has 1 aromatic rings. The highest BCUT2D eigenvalue weighted by Crippen LogP contribution is 2.22. The average molecular weight is 269 g/mol. The number of thiocarbonyl (C=S) groups is 1. The second-order valence-electron chi connectivity index (χ2n) is 3.96. The number of amides is 1. The minimum absolute atomic E-state index is 0.0652. The molecule has 0 aliphatic rings. The minimum atomic E-state index is -0.0652. The summed E-state index contributed by atoms with van der Waals surface area (Å²) in [6.07, 6.45) is 0. The van der Waals surface area contributed by atoms with Gasteiger partial charge < -0.3 is 16.0 Å². The van der Waals surface area contributed by atoms with Gasteiger partial charge in [0.1, 0.15) is 10.8 Å². The third-order valence-corrected chi connectivity index (χ3v) is 2.94. The topological polar surface area (TPSA) is 76.2 Å². The van der Waals surface area contributed by atoms with Crippen LogP contribution in [0.1, 0.15) is 18.2 Å². The number of aromatic nitrogens is 2. The monoisotopic (exact) mass is 269 g/mol. The highest BCUT2D eigenvalue weighted by Gasteiger charge is 2.21. The number of hydrogen-bond acceptors (Lipinski definition) is 4. The summed E-state index contributed by atoms with van der Waals surface area (Å²) >= 11 is 5.06. The van der Waals surface area contributed by atoms with E-state index in [2.05, 4.69) is 10.4 Å². The maximum absolute atomic E-state index is 11.5. The summed E-state index contributed by atoms with van der Waals surface area (Å²) < 4.78 is 1.70. The first-order valence-corrected chi connectivity index (χ1v) is 6.12. The van der Waals surface area contributed by atoms with E-state index in [1.165, 1.54) is 0 Å². The Morgan fingerprint density at radius 3 is 2.67 bits per heavy atom. The lowest BCUT2D eigenvalue weighted by Crippen LogP contribution is -2.37. The minimum Gasteiger partial charge on any atom is -0.389 e. The van der Waals surface area contributed by atoms with Gasteiger partial charge in [-0.3, -0.25) is 9.48 Å². The fraction of sp³-hybridized carbons (Fsp3) is 0.545. The van der Waals surface area contributed by atoms with Crippen molar-refractivity contribution in [3.63, 3.8) is 0 Å². The number of carbonyl (C=O) groups is 1. The molecule has 1 rings (SSSR count). The number of aryl methyl sites for hydroxylation is 2. The van der Waals surface area contributed by atoms with Crippen LogP contribution >= 0.6 is 12.2 Å². The number of anilines is 1. The summed E-state index contributed by atoms with van der Waals surface area (Å²) in [4.78, 5) is 13.7. The fourth-order valence-corrected chi connectivity index (χ4v) is 2.13. The lowest BCUT2D eigenvalue weighted by molar-refractivity contribution is -0.119. The molecular weight excluding hydrogens is 250 g/mol. The van der Waals surface area contributed by atoms with Crippen LogP contribution in [0.3, 0.4) is 0 Å². The average Bonchev–Trinajstić information content (AvgIpc) is 2.60. The summed E-state index contributed by atoms with van der Waals surface area (Å²) in [6.45, 7) is 4.74. The largest absolute Gasteiger partial charge is 0.389 e. The van der Waals surface area contributed by atoms with Gasteiger partial charge >= 0.3 is 0 Å². The van der Waals surface area contributed by atoms with Crippen LogP contribution in [0, 0.1) is 6.92 Å². The van der Waals surface area contributed by atoms with Crippen LogP contribution < -0.4 is 16.0 Å². The van der Waals surface area contributed by atoms with Crippen LogP contribution in [0.4, 0.5) is 5.82 Å². The molecule has 0 unspecified atom stereocenters. The second kappa shape index (κ2) is 5.81. The van der Waals surface area contributed by atoms with Gasteiger partial charge in [0.15, 0.2) is 0 Å². The second-order valence-corrected chi connectivity index (χ2v) is 4.40. The molecule has 0 spiro atoms. The number of hydrogen-bond donors (Lipinski definition) is 2. The Balaban J connectivity index is 3.20. The van der Waals surface area contributed by atoms with E-state index >= 15 is 0 Å². The zero-order valence-electron chi connectivity index (χ0n) is 11.1. The Morgan fingerprint density at radius 2 is 2.22 bits per heavy atom. The van der Waals surface area contributed by atoms with E-state index in [1.54, 1.807) is 11.7 Å². The summed E-state index contributed by atoms with van der Waals surface area (Å²) in [7, 11) is 3.43. The van der Waals surface area contributed by atoms with Crippen LogP contribution in [0.25, 0.3) is 0 Å². The molecule has 0 aliphatic heterocycles. The van der Waals surface area contributed by atoms with Crippen LogP contribution in [0.15, 0.2) is 0 Å². The fourth-order valence-electron chi connectivity index (χ4n) is 1.89. The van der Waals surface area contributed by atoms with E-state index in [0.717, 1.165) is 17.1 Å². The lowest BCUT2D eigenvalue weighted by Gasteiger charge is -2.23. The molecule has 0 aromatic carbocycles. The van der Waals surface area contributed by atoms with Crippen molar-refractivity contribution in [2.45, 2.75) is 13.8 Å². The van der Waals surface area contributed by atoms with Crippen LogP contribution in [-0.2, 0) is 11.8 Å². The van der Waals surface area contributed by atoms with Gasteiger partial charge in [-0.25, -0.2) is 0 Å². The van der Waals surface area contributed by atoms with Gasteiger partial charge in [0, 0.05) is 20.6 Å². The SMILES string of the molecule is CCN(CC(=O)NC)c1c(C(N)=S)c(C)nn1C. The standard InChI is InChI=1S/C11H19N5OS/c1-5-16(6-8(17)13-3)11-9(10(12)18)7(2)14-15(11)4/h5-6H2,1-4H3,(H2,12,18)(H,13,17).